The molecule has 4 N–H and O–H groups in total. The quantitative estimate of drug-likeness (QED) is 0.230. The van der Waals surface area contributed by atoms with Crippen molar-refractivity contribution in [3.63, 3.8) is 0 Å². The smallest absolute Gasteiger partial charge is 1.00 e. The van der Waals surface area contributed by atoms with E-state index in [-0.39, 0.29) is 31.0 Å². The Morgan fingerprint density at radius 2 is 1.69 bits per heavy atom. The van der Waals surface area contributed by atoms with Crippen molar-refractivity contribution in [3.05, 3.63) is 0 Å². The second-order valence-electron chi connectivity index (χ2n) is 1.75. The second-order valence-corrected chi connectivity index (χ2v) is 4.53. The van der Waals surface area contributed by atoms with Crippen LogP contribution in [0.3, 0.4) is 0 Å². The van der Waals surface area contributed by atoms with Crippen LogP contribution in [0.5, 0.6) is 0 Å². The summed E-state index contributed by atoms with van der Waals surface area (Å²) < 4.78 is 27.6. The predicted molar refractivity (Wildman–Crippen MR) is 36.8 cm³/mol. The summed E-state index contributed by atoms with van der Waals surface area (Å²) in [6.45, 7) is 0.978. The number of phosphoric acid groups is 2. The average Bonchev–Trinajstić information content (AvgIpc) is 1.48. The molecule has 0 aliphatic rings. The molecule has 0 spiro atoms. The number of rotatable bonds is 4. The fourth-order valence-electron chi connectivity index (χ4n) is 0.346. The molecule has 8 nitrogen and oxygen atoms in total. The molecule has 0 heterocycles. The number of hydrogen-bond donors (Lipinski definition) is 4. The first kappa shape index (κ1) is 16.6. The van der Waals surface area contributed by atoms with Gasteiger partial charge in [0.25, 0.3) is 0 Å². The van der Waals surface area contributed by atoms with Crippen LogP contribution in [-0.4, -0.2) is 26.1 Å². The van der Waals surface area contributed by atoms with E-state index in [1.54, 1.807) is 0 Å². The third-order valence-electron chi connectivity index (χ3n) is 0.495. The molecule has 0 aliphatic heterocycles. The molecule has 2 unspecified atom stereocenters. The Morgan fingerprint density at radius 3 is 1.92 bits per heavy atom. The monoisotopic (exact) mass is 246 g/mol. The van der Waals surface area contributed by atoms with Gasteiger partial charge in [-0.05, 0) is 6.92 Å². The van der Waals surface area contributed by atoms with E-state index in [0.29, 0.717) is 0 Å². The van der Waals surface area contributed by atoms with Crippen molar-refractivity contribution in [2.24, 2.45) is 0 Å². The molecule has 0 rings (SSSR count). The largest absolute Gasteiger partial charge is 1.00 e. The Balaban J connectivity index is -0.000000605. The molecule has 0 aromatic rings. The molecule has 0 aromatic carbocycles. The summed E-state index contributed by atoms with van der Waals surface area (Å²) in [5, 5.41) is 8.40. The first-order valence-corrected chi connectivity index (χ1v) is 5.61. The summed E-state index contributed by atoms with van der Waals surface area (Å²) in [5.74, 6) is 0. The predicted octanol–water partition coefficient (Wildman–Crippen LogP) is -3.33. The van der Waals surface area contributed by atoms with E-state index >= 15 is 0 Å². The molecule has 0 aromatic heterocycles. The zero-order valence-corrected chi connectivity index (χ0v) is 10.7. The minimum atomic E-state index is -5.09. The van der Waals surface area contributed by atoms with Gasteiger partial charge in [0.15, 0.2) is 6.29 Å². The minimum absolute atomic E-state index is 0. The van der Waals surface area contributed by atoms with Crippen LogP contribution < -0.4 is 29.6 Å². The van der Waals surface area contributed by atoms with Crippen LogP contribution in [0, 0.1) is 0 Å². The third-order valence-corrected chi connectivity index (χ3v) is 2.74. The molecular weight excluding hydrogens is 237 g/mol. The van der Waals surface area contributed by atoms with E-state index in [1.165, 1.54) is 0 Å². The maximum atomic E-state index is 10.5. The third kappa shape index (κ3) is 11.1. The van der Waals surface area contributed by atoms with Crippen molar-refractivity contribution in [2.75, 3.05) is 0 Å². The molecule has 13 heavy (non-hydrogen) atoms. The van der Waals surface area contributed by atoms with Crippen molar-refractivity contribution in [1.82, 2.24) is 0 Å². The van der Waals surface area contributed by atoms with E-state index in [0.717, 1.165) is 6.92 Å². The van der Waals surface area contributed by atoms with Gasteiger partial charge in [-0.25, -0.2) is 9.13 Å². The summed E-state index contributed by atoms with van der Waals surface area (Å²) in [6, 6.07) is 0. The van der Waals surface area contributed by atoms with Crippen molar-refractivity contribution in [3.8, 4) is 0 Å². The zero-order chi connectivity index (χ0) is 9.99. The number of hydrogen-bond acceptors (Lipinski definition) is 5. The van der Waals surface area contributed by atoms with Crippen LogP contribution in [0.25, 0.3) is 0 Å². The first-order chi connectivity index (χ1) is 5.12. The van der Waals surface area contributed by atoms with Crippen molar-refractivity contribution in [1.29, 1.82) is 0 Å². The van der Waals surface area contributed by atoms with E-state index in [9.17, 15) is 9.13 Å². The SMILES string of the molecule is CC(O)OP(=O)(O)OP(=O)(O)O.[H-].[Na+]. The van der Waals surface area contributed by atoms with Crippen LogP contribution in [0.2, 0.25) is 0 Å². The topological polar surface area (TPSA) is 134 Å². The summed E-state index contributed by atoms with van der Waals surface area (Å²) in [5.41, 5.74) is 0. The molecule has 0 saturated heterocycles. The van der Waals surface area contributed by atoms with E-state index in [1.807, 2.05) is 0 Å². The Bertz CT molecular complexity index is 237. The number of phosphoric ester groups is 1. The van der Waals surface area contributed by atoms with Gasteiger partial charge in [-0.2, -0.15) is 4.31 Å². The Labute approximate surface area is 97.5 Å². The number of aliphatic hydroxyl groups is 1. The fourth-order valence-corrected chi connectivity index (χ4v) is 1.96. The second kappa shape index (κ2) is 5.95. The standard InChI is InChI=1S/C2H8O8P2.Na.H/c1-2(3)9-12(7,8)10-11(4,5)6;;/h2-3H,1H3,(H,7,8)(H2,4,5,6);;/q;+1;-1. The van der Waals surface area contributed by atoms with Gasteiger partial charge >= 0.3 is 45.2 Å². The zero-order valence-electron chi connectivity index (χ0n) is 7.89. The Kier molecular flexibility index (Phi) is 7.61. The summed E-state index contributed by atoms with van der Waals surface area (Å²) in [7, 11) is -9.98. The van der Waals surface area contributed by atoms with Crippen molar-refractivity contribution < 1.29 is 68.7 Å². The summed E-state index contributed by atoms with van der Waals surface area (Å²) in [4.78, 5) is 24.6. The number of aliphatic hydroxyl groups excluding tert-OH is 1. The van der Waals surface area contributed by atoms with Gasteiger partial charge in [0.05, 0.1) is 0 Å². The molecule has 0 fully saturated rings. The van der Waals surface area contributed by atoms with E-state index in [2.05, 4.69) is 8.83 Å². The Morgan fingerprint density at radius 1 is 1.31 bits per heavy atom. The van der Waals surface area contributed by atoms with Gasteiger partial charge in [-0.3, -0.25) is 4.52 Å². The minimum Gasteiger partial charge on any atom is -1.00 e. The van der Waals surface area contributed by atoms with Gasteiger partial charge < -0.3 is 21.2 Å². The van der Waals surface area contributed by atoms with Crippen molar-refractivity contribution >= 4 is 15.6 Å². The fraction of sp³-hybridized carbons (Fsp3) is 1.00. The Hall–Kier alpha value is 1.22. The summed E-state index contributed by atoms with van der Waals surface area (Å²) in [6.07, 6.45) is -1.66. The average molecular weight is 246 g/mol. The van der Waals surface area contributed by atoms with Gasteiger partial charge in [0, 0.05) is 0 Å². The molecule has 11 heteroatoms. The molecule has 76 valence electrons. The maximum Gasteiger partial charge on any atom is 1.00 e. The molecule has 0 saturated carbocycles. The normalized spacial score (nSPS) is 18.5. The van der Waals surface area contributed by atoms with Crippen LogP contribution in [0.4, 0.5) is 0 Å². The van der Waals surface area contributed by atoms with Crippen LogP contribution in [0.15, 0.2) is 0 Å². The summed E-state index contributed by atoms with van der Waals surface area (Å²) >= 11 is 0. The van der Waals surface area contributed by atoms with Gasteiger partial charge in [0.2, 0.25) is 0 Å². The molecule has 0 radical (unpaired) electrons. The van der Waals surface area contributed by atoms with Gasteiger partial charge in [0.1, 0.15) is 0 Å². The van der Waals surface area contributed by atoms with E-state index < -0.39 is 21.9 Å². The molecule has 0 amide bonds. The van der Waals surface area contributed by atoms with Crippen LogP contribution in [-0.2, 0) is 18.0 Å². The molecule has 2 atom stereocenters. The maximum absolute atomic E-state index is 10.5. The van der Waals surface area contributed by atoms with E-state index in [4.69, 9.17) is 19.8 Å². The van der Waals surface area contributed by atoms with Crippen LogP contribution >= 0.6 is 15.6 Å². The van der Waals surface area contributed by atoms with Crippen molar-refractivity contribution in [2.45, 2.75) is 13.2 Å². The van der Waals surface area contributed by atoms with Crippen LogP contribution in [0.1, 0.15) is 8.35 Å². The first-order valence-electron chi connectivity index (χ1n) is 2.58. The van der Waals surface area contributed by atoms with Gasteiger partial charge in [-0.15, -0.1) is 0 Å². The molecular formula is C2H9NaO8P2. The molecule has 0 aliphatic carbocycles. The molecule has 0 bridgehead atoms. The van der Waals surface area contributed by atoms with Gasteiger partial charge in [-0.1, -0.05) is 0 Å².